The van der Waals surface area contributed by atoms with E-state index in [-0.39, 0.29) is 18.9 Å². The number of aryl methyl sites for hydroxylation is 1. The Bertz CT molecular complexity index is 603. The quantitative estimate of drug-likeness (QED) is 0.907. The summed E-state index contributed by atoms with van der Waals surface area (Å²) in [5.41, 5.74) is 2.02. The summed E-state index contributed by atoms with van der Waals surface area (Å²) in [5.74, 6) is 0.328. The van der Waals surface area contributed by atoms with Crippen LogP contribution in [0.5, 0.6) is 5.75 Å². The van der Waals surface area contributed by atoms with Crippen LogP contribution in [0, 0.1) is 6.92 Å². The number of hydrogen-bond acceptors (Lipinski definition) is 3. The van der Waals surface area contributed by atoms with Gasteiger partial charge in [0, 0.05) is 0 Å². The maximum Gasteiger partial charge on any atom is 0.414 e. The van der Waals surface area contributed by atoms with Gasteiger partial charge in [-0.2, -0.15) is 13.2 Å². The summed E-state index contributed by atoms with van der Waals surface area (Å²) in [7, 11) is 0. The first-order valence-electron chi connectivity index (χ1n) is 7.58. The van der Waals surface area contributed by atoms with E-state index < -0.39 is 24.3 Å². The molecule has 4 nitrogen and oxygen atoms in total. The van der Waals surface area contributed by atoms with Crippen molar-refractivity contribution in [1.82, 2.24) is 5.32 Å². The van der Waals surface area contributed by atoms with E-state index in [9.17, 15) is 18.0 Å². The van der Waals surface area contributed by atoms with Crippen molar-refractivity contribution in [3.8, 4) is 5.75 Å². The number of ether oxygens (including phenoxy) is 2. The number of benzene rings is 1. The van der Waals surface area contributed by atoms with E-state index in [0.29, 0.717) is 13.0 Å². The van der Waals surface area contributed by atoms with Crippen molar-refractivity contribution < 1.29 is 27.4 Å². The van der Waals surface area contributed by atoms with E-state index in [2.05, 4.69) is 5.32 Å². The van der Waals surface area contributed by atoms with Crippen molar-refractivity contribution in [2.45, 2.75) is 50.6 Å². The van der Waals surface area contributed by atoms with Gasteiger partial charge in [0.15, 0.2) is 6.10 Å². The molecule has 23 heavy (non-hydrogen) atoms. The smallest absolute Gasteiger partial charge is 0.414 e. The summed E-state index contributed by atoms with van der Waals surface area (Å²) in [6, 6.07) is 5.52. The molecule has 0 aromatic heterocycles. The topological polar surface area (TPSA) is 47.6 Å². The molecule has 2 aliphatic heterocycles. The molecule has 3 rings (SSSR count). The SMILES string of the molecule is Cc1cccc2c1OCC(NC(=O)[C@@H]1CC[C@H](C(F)(F)F)O1)C2. The minimum absolute atomic E-state index is 0.0826. The van der Waals surface area contributed by atoms with Crippen LogP contribution in [0.1, 0.15) is 24.0 Å². The highest BCUT2D eigenvalue weighted by molar-refractivity contribution is 5.81. The molecular formula is C16H18F3NO3. The van der Waals surface area contributed by atoms with Crippen molar-refractivity contribution in [1.29, 1.82) is 0 Å². The molecule has 1 N–H and O–H groups in total. The summed E-state index contributed by atoms with van der Waals surface area (Å²) in [6.07, 6.45) is -6.80. The van der Waals surface area contributed by atoms with Crippen LogP contribution < -0.4 is 10.1 Å². The monoisotopic (exact) mass is 329 g/mol. The molecule has 2 heterocycles. The molecule has 1 fully saturated rings. The maximum absolute atomic E-state index is 12.6. The fourth-order valence-electron chi connectivity index (χ4n) is 3.05. The van der Waals surface area contributed by atoms with Crippen LogP contribution in [0.15, 0.2) is 18.2 Å². The number of para-hydroxylation sites is 1. The van der Waals surface area contributed by atoms with Crippen molar-refractivity contribution in [3.63, 3.8) is 0 Å². The minimum Gasteiger partial charge on any atom is -0.491 e. The van der Waals surface area contributed by atoms with Gasteiger partial charge in [-0.3, -0.25) is 4.79 Å². The summed E-state index contributed by atoms with van der Waals surface area (Å²) in [5, 5.41) is 2.74. The second-order valence-corrected chi connectivity index (χ2v) is 6.02. The van der Waals surface area contributed by atoms with E-state index in [1.807, 2.05) is 25.1 Å². The molecule has 126 valence electrons. The highest BCUT2D eigenvalue weighted by atomic mass is 19.4. The molecule has 0 saturated carbocycles. The van der Waals surface area contributed by atoms with Crippen LogP contribution in [-0.4, -0.2) is 36.9 Å². The largest absolute Gasteiger partial charge is 0.491 e. The van der Waals surface area contributed by atoms with Crippen molar-refractivity contribution in [3.05, 3.63) is 29.3 Å². The van der Waals surface area contributed by atoms with Gasteiger partial charge in [0.1, 0.15) is 18.5 Å². The lowest BCUT2D eigenvalue weighted by molar-refractivity contribution is -0.214. The lowest BCUT2D eigenvalue weighted by Gasteiger charge is -2.28. The van der Waals surface area contributed by atoms with Gasteiger partial charge in [-0.15, -0.1) is 0 Å². The van der Waals surface area contributed by atoms with Gasteiger partial charge >= 0.3 is 6.18 Å². The fraction of sp³-hybridized carbons (Fsp3) is 0.562. The molecule has 0 spiro atoms. The molecule has 2 aliphatic rings. The Labute approximate surface area is 132 Å². The molecule has 1 saturated heterocycles. The second kappa shape index (κ2) is 6.03. The van der Waals surface area contributed by atoms with Gasteiger partial charge in [-0.05, 0) is 37.3 Å². The lowest BCUT2D eigenvalue weighted by Crippen LogP contribution is -2.47. The van der Waals surface area contributed by atoms with Gasteiger partial charge < -0.3 is 14.8 Å². The number of halogens is 3. The van der Waals surface area contributed by atoms with Crippen molar-refractivity contribution >= 4 is 5.91 Å². The Morgan fingerprint density at radius 3 is 2.78 bits per heavy atom. The third-order valence-electron chi connectivity index (χ3n) is 4.21. The summed E-state index contributed by atoms with van der Waals surface area (Å²) in [6.45, 7) is 2.25. The normalized spacial score (nSPS) is 27.2. The van der Waals surface area contributed by atoms with Crippen LogP contribution in [0.2, 0.25) is 0 Å². The highest BCUT2D eigenvalue weighted by Gasteiger charge is 2.47. The van der Waals surface area contributed by atoms with Gasteiger partial charge in [-0.25, -0.2) is 0 Å². The fourth-order valence-corrected chi connectivity index (χ4v) is 3.05. The first-order chi connectivity index (χ1) is 10.8. The minimum atomic E-state index is -4.42. The predicted octanol–water partition coefficient (Wildman–Crippen LogP) is 2.52. The number of hydrogen-bond donors (Lipinski definition) is 1. The first-order valence-corrected chi connectivity index (χ1v) is 7.58. The van der Waals surface area contributed by atoms with Gasteiger partial charge in [0.2, 0.25) is 5.91 Å². The number of fused-ring (bicyclic) bond motifs is 1. The molecule has 1 unspecified atom stereocenters. The molecule has 1 aromatic rings. The summed E-state index contributed by atoms with van der Waals surface area (Å²) in [4.78, 5) is 12.1. The molecule has 0 aliphatic carbocycles. The van der Waals surface area contributed by atoms with E-state index in [1.165, 1.54) is 0 Å². The molecular weight excluding hydrogens is 311 g/mol. The average molecular weight is 329 g/mol. The number of amides is 1. The Balaban J connectivity index is 1.58. The molecule has 0 radical (unpaired) electrons. The van der Waals surface area contributed by atoms with Crippen LogP contribution in [0.3, 0.4) is 0 Å². The van der Waals surface area contributed by atoms with E-state index in [1.54, 1.807) is 0 Å². The number of alkyl halides is 3. The molecule has 7 heteroatoms. The Hall–Kier alpha value is -1.76. The van der Waals surface area contributed by atoms with Crippen molar-refractivity contribution in [2.75, 3.05) is 6.61 Å². The number of rotatable bonds is 2. The van der Waals surface area contributed by atoms with Gasteiger partial charge in [-0.1, -0.05) is 18.2 Å². The maximum atomic E-state index is 12.6. The van der Waals surface area contributed by atoms with Gasteiger partial charge in [0.25, 0.3) is 0 Å². The Morgan fingerprint density at radius 1 is 1.30 bits per heavy atom. The number of nitrogens with one attached hydrogen (secondary N) is 1. The van der Waals surface area contributed by atoms with Crippen LogP contribution in [0.4, 0.5) is 13.2 Å². The molecule has 0 bridgehead atoms. The number of carbonyl (C=O) groups is 1. The van der Waals surface area contributed by atoms with E-state index >= 15 is 0 Å². The third-order valence-corrected chi connectivity index (χ3v) is 4.21. The Morgan fingerprint density at radius 2 is 2.09 bits per heavy atom. The van der Waals surface area contributed by atoms with Crippen LogP contribution in [0.25, 0.3) is 0 Å². The second-order valence-electron chi connectivity index (χ2n) is 6.02. The van der Waals surface area contributed by atoms with E-state index in [4.69, 9.17) is 9.47 Å². The molecule has 1 amide bonds. The predicted molar refractivity (Wildman–Crippen MR) is 76.3 cm³/mol. The van der Waals surface area contributed by atoms with Gasteiger partial charge in [0.05, 0.1) is 6.04 Å². The van der Waals surface area contributed by atoms with Crippen molar-refractivity contribution in [2.24, 2.45) is 0 Å². The van der Waals surface area contributed by atoms with E-state index in [0.717, 1.165) is 16.9 Å². The zero-order valence-electron chi connectivity index (χ0n) is 12.7. The molecule has 1 aromatic carbocycles. The third kappa shape index (κ3) is 3.44. The lowest BCUT2D eigenvalue weighted by atomic mass is 10.00. The van der Waals surface area contributed by atoms with Crippen LogP contribution in [-0.2, 0) is 16.0 Å². The van der Waals surface area contributed by atoms with Crippen LogP contribution >= 0.6 is 0 Å². The highest BCUT2D eigenvalue weighted by Crippen LogP contribution is 2.33. The Kier molecular flexibility index (Phi) is 4.23. The average Bonchev–Trinajstić information content (AvgIpc) is 2.97. The number of carbonyl (C=O) groups excluding carboxylic acids is 1. The standard InChI is InChI=1S/C16H18F3NO3/c1-9-3-2-4-10-7-11(8-22-14(9)10)20-15(21)12-5-6-13(23-12)16(17,18)19/h2-4,11-13H,5-8H2,1H3,(H,20,21)/t11?,12-,13+/m0/s1. The molecule has 3 atom stereocenters. The first kappa shape index (κ1) is 16.1. The summed E-state index contributed by atoms with van der Waals surface area (Å²) >= 11 is 0. The zero-order valence-corrected chi connectivity index (χ0v) is 12.7. The summed E-state index contributed by atoms with van der Waals surface area (Å²) < 4.78 is 48.3. The zero-order chi connectivity index (χ0) is 16.6.